The fourth-order valence-electron chi connectivity index (χ4n) is 5.63. The number of benzene rings is 2. The van der Waals surface area contributed by atoms with Gasteiger partial charge in [0.15, 0.2) is 0 Å². The molecule has 1 aliphatic carbocycles. The number of amides is 5. The van der Waals surface area contributed by atoms with E-state index in [0.29, 0.717) is 36.4 Å². The van der Waals surface area contributed by atoms with Gasteiger partial charge in [-0.15, -0.1) is 5.10 Å². The van der Waals surface area contributed by atoms with E-state index in [2.05, 4.69) is 36.9 Å². The van der Waals surface area contributed by atoms with Crippen molar-refractivity contribution in [2.24, 2.45) is 5.92 Å². The summed E-state index contributed by atoms with van der Waals surface area (Å²) in [5.41, 5.74) is 0.612. The smallest absolute Gasteiger partial charge is 0.246 e. The molecule has 1 saturated carbocycles. The lowest BCUT2D eigenvalue weighted by atomic mass is 10.0. The number of aliphatic hydroxyl groups is 1. The van der Waals surface area contributed by atoms with Crippen LogP contribution in [0.5, 0.6) is 5.75 Å². The van der Waals surface area contributed by atoms with E-state index in [-0.39, 0.29) is 37.8 Å². The number of nitrogens with zero attached hydrogens (tertiary/aromatic N) is 3. The summed E-state index contributed by atoms with van der Waals surface area (Å²) in [5.74, 6) is -2.63. The maximum absolute atomic E-state index is 13.6. The Kier molecular flexibility index (Phi) is 11.5. The van der Waals surface area contributed by atoms with Crippen LogP contribution < -0.4 is 31.3 Å². The molecular formula is C35H44N8O7. The van der Waals surface area contributed by atoms with Crippen molar-refractivity contribution < 1.29 is 33.8 Å². The van der Waals surface area contributed by atoms with Gasteiger partial charge < -0.3 is 36.4 Å². The van der Waals surface area contributed by atoms with Gasteiger partial charge in [0.1, 0.15) is 41.7 Å². The fourth-order valence-corrected chi connectivity index (χ4v) is 5.63. The molecule has 6 N–H and O–H groups in total. The normalized spacial score (nSPS) is 22.8. The third-order valence-electron chi connectivity index (χ3n) is 8.66. The molecule has 1 aliphatic heterocycles. The minimum Gasteiger partial charge on any atom is -0.492 e. The quantitative estimate of drug-likeness (QED) is 0.216. The Bertz CT molecular complexity index is 1690. The van der Waals surface area contributed by atoms with Crippen molar-refractivity contribution in [2.75, 3.05) is 6.61 Å². The van der Waals surface area contributed by atoms with Gasteiger partial charge in [-0.1, -0.05) is 61.5 Å². The van der Waals surface area contributed by atoms with Crippen molar-refractivity contribution >= 4 is 29.5 Å². The number of hydrogen-bond donors (Lipinski definition) is 6. The minimum absolute atomic E-state index is 0.00602. The Balaban J connectivity index is 1.40. The summed E-state index contributed by atoms with van der Waals surface area (Å²) >= 11 is 0. The molecule has 5 rings (SSSR count). The Morgan fingerprint density at radius 1 is 0.920 bits per heavy atom. The largest absolute Gasteiger partial charge is 0.492 e. The predicted molar refractivity (Wildman–Crippen MR) is 180 cm³/mol. The number of ether oxygens (including phenoxy) is 1. The number of rotatable bonds is 4. The third kappa shape index (κ3) is 9.43. The Morgan fingerprint density at radius 3 is 2.38 bits per heavy atom. The molecule has 1 fully saturated rings. The monoisotopic (exact) mass is 688 g/mol. The topological polar surface area (TPSA) is 206 Å². The number of carbonyl (C=O) groups is 5. The zero-order valence-corrected chi connectivity index (χ0v) is 28.3. The van der Waals surface area contributed by atoms with Crippen molar-refractivity contribution in [1.29, 1.82) is 0 Å². The lowest BCUT2D eigenvalue weighted by Gasteiger charge is -2.28. The minimum atomic E-state index is -1.43. The van der Waals surface area contributed by atoms with E-state index in [4.69, 9.17) is 4.74 Å². The van der Waals surface area contributed by atoms with Crippen LogP contribution in [0, 0.1) is 5.92 Å². The lowest BCUT2D eigenvalue weighted by Crippen LogP contribution is -2.62. The van der Waals surface area contributed by atoms with Gasteiger partial charge in [-0.2, -0.15) is 0 Å². The highest BCUT2D eigenvalue weighted by Gasteiger charge is 2.53. The third-order valence-corrected chi connectivity index (χ3v) is 8.66. The maximum atomic E-state index is 13.6. The molecule has 15 heteroatoms. The molecule has 4 atom stereocenters. The first-order valence-electron chi connectivity index (χ1n) is 16.8. The Labute approximate surface area is 289 Å². The summed E-state index contributed by atoms with van der Waals surface area (Å²) in [4.78, 5) is 67.2. The van der Waals surface area contributed by atoms with Crippen molar-refractivity contribution in [3.8, 4) is 5.75 Å². The second-order valence-electron chi connectivity index (χ2n) is 13.2. The zero-order chi connectivity index (χ0) is 35.8. The van der Waals surface area contributed by atoms with Crippen LogP contribution in [0.25, 0.3) is 0 Å². The summed E-state index contributed by atoms with van der Waals surface area (Å²) in [6.45, 7) is 5.55. The van der Waals surface area contributed by atoms with Crippen LogP contribution in [0.2, 0.25) is 0 Å². The van der Waals surface area contributed by atoms with Gasteiger partial charge in [-0.05, 0) is 48.9 Å². The van der Waals surface area contributed by atoms with Gasteiger partial charge in [0.25, 0.3) is 0 Å². The Hall–Kier alpha value is -5.31. The number of aliphatic hydroxyl groups excluding tert-OH is 1. The lowest BCUT2D eigenvalue weighted by molar-refractivity contribution is -0.137. The molecule has 5 amide bonds. The highest BCUT2D eigenvalue weighted by atomic mass is 16.5. The van der Waals surface area contributed by atoms with Gasteiger partial charge >= 0.3 is 0 Å². The molecule has 2 heterocycles. The number of fused-ring (bicyclic) bond motifs is 4. The summed E-state index contributed by atoms with van der Waals surface area (Å²) < 4.78 is 7.46. The number of aromatic nitrogens is 3. The highest BCUT2D eigenvalue weighted by Crippen LogP contribution is 2.36. The molecule has 15 nitrogen and oxygen atoms in total. The molecule has 2 aromatic carbocycles. The van der Waals surface area contributed by atoms with Gasteiger partial charge in [0.2, 0.25) is 29.5 Å². The summed E-state index contributed by atoms with van der Waals surface area (Å²) in [6, 6.07) is 12.7. The first-order chi connectivity index (χ1) is 23.9. The van der Waals surface area contributed by atoms with Crippen molar-refractivity contribution in [3.05, 3.63) is 77.6 Å². The molecule has 2 aliphatic rings. The van der Waals surface area contributed by atoms with Crippen LogP contribution in [-0.4, -0.2) is 86.0 Å². The number of nitrogens with one attached hydrogen (secondary N) is 5. The molecule has 1 spiro atoms. The van der Waals surface area contributed by atoms with Crippen molar-refractivity contribution in [3.63, 3.8) is 0 Å². The van der Waals surface area contributed by atoms with Gasteiger partial charge in [0.05, 0.1) is 31.8 Å². The number of hydrogen-bond acceptors (Lipinski definition) is 9. The van der Waals surface area contributed by atoms with E-state index in [0.717, 1.165) is 5.56 Å². The van der Waals surface area contributed by atoms with E-state index in [1.54, 1.807) is 49.0 Å². The zero-order valence-electron chi connectivity index (χ0n) is 28.3. The van der Waals surface area contributed by atoms with Gasteiger partial charge in [-0.3, -0.25) is 24.0 Å². The summed E-state index contributed by atoms with van der Waals surface area (Å²) in [5, 5.41) is 32.5. The Morgan fingerprint density at radius 2 is 1.68 bits per heavy atom. The van der Waals surface area contributed by atoms with E-state index in [1.165, 1.54) is 6.92 Å². The molecule has 3 aromatic rings. The second-order valence-corrected chi connectivity index (χ2v) is 13.2. The van der Waals surface area contributed by atoms with Crippen molar-refractivity contribution in [2.45, 2.75) is 89.3 Å². The molecule has 50 heavy (non-hydrogen) atoms. The van der Waals surface area contributed by atoms with Crippen LogP contribution in [0.15, 0.2) is 60.8 Å². The molecule has 0 radical (unpaired) electrons. The first kappa shape index (κ1) is 36.0. The molecule has 0 saturated heterocycles. The van der Waals surface area contributed by atoms with Crippen LogP contribution in [0.4, 0.5) is 0 Å². The first-order valence-corrected chi connectivity index (χ1v) is 16.8. The summed E-state index contributed by atoms with van der Waals surface area (Å²) in [7, 11) is 0. The van der Waals surface area contributed by atoms with E-state index >= 15 is 0 Å². The van der Waals surface area contributed by atoms with Crippen LogP contribution >= 0.6 is 0 Å². The molecular weight excluding hydrogens is 644 g/mol. The molecule has 266 valence electrons. The standard InChI is InChI=1S/C35H44N8O7/c1-21(2)29-33(48)40-35(12-13-35)34(49)39-30(22(3)44)32(47)37-27(17-23-8-5-4-6-9-23)31(46)36-19-25-20-43(42-41-25)14-15-50-26-11-7-10-24(16-26)18-28(45)38-29/h4-11,16,20-22,27,29-30,44H,12-15,17-19H2,1-3H3,(H,36,46)(H,37,47)(H,38,45)(H,39,49)(H,40,48)/t22-,27+,29-,30+/m1/s1. The van der Waals surface area contributed by atoms with E-state index in [1.807, 2.05) is 30.3 Å². The van der Waals surface area contributed by atoms with Crippen LogP contribution in [0.3, 0.4) is 0 Å². The van der Waals surface area contributed by atoms with Crippen LogP contribution in [0.1, 0.15) is 50.4 Å². The molecule has 0 unspecified atom stereocenters. The van der Waals surface area contributed by atoms with Gasteiger partial charge in [0, 0.05) is 6.42 Å². The average molecular weight is 689 g/mol. The SMILES string of the molecule is CC(C)[C@H]1NC(=O)Cc2cccc(c2)OCCn2cc(nn2)CNC(=O)[C@H](Cc2ccccc2)NC(=O)[C@H]([C@@H](C)O)NC(=O)C2(CC2)NC1=O. The average Bonchev–Trinajstić information content (AvgIpc) is 3.72. The number of carbonyl (C=O) groups excluding carboxylic acids is 5. The predicted octanol–water partition coefficient (Wildman–Crippen LogP) is -0.0879. The maximum Gasteiger partial charge on any atom is 0.246 e. The summed E-state index contributed by atoms with van der Waals surface area (Å²) in [6.07, 6.45) is 1.06. The molecule has 4 bridgehead atoms. The van der Waals surface area contributed by atoms with Crippen LogP contribution in [-0.2, 0) is 49.9 Å². The molecule has 1 aromatic heterocycles. The second kappa shape index (κ2) is 15.9. The highest BCUT2D eigenvalue weighted by molar-refractivity contribution is 5.99. The fraction of sp³-hybridized carbons (Fsp3) is 0.457. The van der Waals surface area contributed by atoms with E-state index in [9.17, 15) is 29.1 Å². The van der Waals surface area contributed by atoms with Crippen molar-refractivity contribution in [1.82, 2.24) is 41.6 Å². The van der Waals surface area contributed by atoms with Gasteiger partial charge in [-0.25, -0.2) is 4.68 Å². The van der Waals surface area contributed by atoms with E-state index < -0.39 is 53.4 Å².